The van der Waals surface area contributed by atoms with Gasteiger partial charge >= 0.3 is 0 Å². The first-order valence-electron chi connectivity index (χ1n) is 10.0. The molecule has 4 heteroatoms. The molecule has 0 aromatic heterocycles. The minimum absolute atomic E-state index is 0.0859. The molecule has 0 N–H and O–H groups in total. The maximum atomic E-state index is 6.33. The molecule has 0 unspecified atom stereocenters. The van der Waals surface area contributed by atoms with Crippen molar-refractivity contribution in [2.24, 2.45) is 9.98 Å². The summed E-state index contributed by atoms with van der Waals surface area (Å²) in [6.07, 6.45) is 2.00. The van der Waals surface area contributed by atoms with E-state index in [-0.39, 0.29) is 24.3 Å². The Morgan fingerprint density at radius 1 is 0.750 bits per heavy atom. The Morgan fingerprint density at radius 3 is 1.68 bits per heavy atom. The van der Waals surface area contributed by atoms with E-state index in [2.05, 4.69) is 62.4 Å². The molecule has 140 valence electrons. The molecule has 0 fully saturated rings. The van der Waals surface area contributed by atoms with E-state index >= 15 is 0 Å². The Bertz CT molecular complexity index is 998. The van der Waals surface area contributed by atoms with Crippen molar-refractivity contribution in [2.45, 2.75) is 51.0 Å². The largest absolute Gasteiger partial charge is 0.471 e. The first-order valence-corrected chi connectivity index (χ1v) is 10.0. The summed E-state index contributed by atoms with van der Waals surface area (Å²) >= 11 is 0. The molecule has 0 saturated carbocycles. The number of rotatable bonds is 2. The van der Waals surface area contributed by atoms with Crippen molar-refractivity contribution < 1.29 is 9.47 Å². The topological polar surface area (TPSA) is 43.2 Å². The lowest BCUT2D eigenvalue weighted by molar-refractivity contribution is 0.199. The van der Waals surface area contributed by atoms with Crippen LogP contribution in [0.1, 0.15) is 48.2 Å². The van der Waals surface area contributed by atoms with Gasteiger partial charge in [0.05, 0.1) is 5.57 Å². The number of hydrogen-bond donors (Lipinski definition) is 0. The molecule has 0 radical (unpaired) electrons. The van der Waals surface area contributed by atoms with E-state index in [1.807, 2.05) is 0 Å². The number of benzene rings is 2. The third-order valence-electron chi connectivity index (χ3n) is 6.26. The minimum Gasteiger partial charge on any atom is -0.471 e. The van der Waals surface area contributed by atoms with Gasteiger partial charge in [-0.25, -0.2) is 9.98 Å². The third-order valence-corrected chi connectivity index (χ3v) is 6.26. The Morgan fingerprint density at radius 2 is 1.21 bits per heavy atom. The molecule has 2 aromatic carbocycles. The predicted octanol–water partition coefficient (Wildman–Crippen LogP) is 4.51. The first-order chi connectivity index (χ1) is 13.7. The van der Waals surface area contributed by atoms with E-state index in [9.17, 15) is 0 Å². The quantitative estimate of drug-likeness (QED) is 0.780. The van der Waals surface area contributed by atoms with Crippen molar-refractivity contribution in [3.8, 4) is 0 Å². The zero-order chi connectivity index (χ0) is 18.8. The molecule has 6 rings (SSSR count). The normalized spacial score (nSPS) is 28.4. The van der Waals surface area contributed by atoms with E-state index in [1.165, 1.54) is 22.3 Å². The molecule has 0 saturated heterocycles. The Balaban J connectivity index is 1.35. The van der Waals surface area contributed by atoms with Crippen LogP contribution in [0.25, 0.3) is 0 Å². The van der Waals surface area contributed by atoms with E-state index in [0.717, 1.165) is 24.0 Å². The molecular weight excluding hydrogens is 348 g/mol. The van der Waals surface area contributed by atoms with Gasteiger partial charge in [0.2, 0.25) is 11.8 Å². The van der Waals surface area contributed by atoms with Crippen LogP contribution in [0.5, 0.6) is 0 Å². The fourth-order valence-corrected chi connectivity index (χ4v) is 4.96. The average Bonchev–Trinajstić information content (AvgIpc) is 3.40. The molecule has 2 heterocycles. The molecule has 4 nitrogen and oxygen atoms in total. The molecule has 4 aliphatic rings. The summed E-state index contributed by atoms with van der Waals surface area (Å²) in [5.41, 5.74) is 7.32. The number of aliphatic imine (C=N–C) groups is 2. The van der Waals surface area contributed by atoms with Crippen molar-refractivity contribution in [2.75, 3.05) is 0 Å². The highest BCUT2D eigenvalue weighted by Crippen LogP contribution is 2.44. The summed E-state index contributed by atoms with van der Waals surface area (Å²) in [6.45, 7) is 4.16. The van der Waals surface area contributed by atoms with Gasteiger partial charge in [0.15, 0.2) is 0 Å². The van der Waals surface area contributed by atoms with Gasteiger partial charge in [0.25, 0.3) is 0 Å². The summed E-state index contributed by atoms with van der Waals surface area (Å²) in [4.78, 5) is 9.94. The molecule has 0 bridgehead atoms. The number of fused-ring (bicyclic) bond motifs is 6. The molecule has 0 amide bonds. The van der Waals surface area contributed by atoms with Gasteiger partial charge < -0.3 is 9.47 Å². The second-order valence-corrected chi connectivity index (χ2v) is 8.25. The molecule has 28 heavy (non-hydrogen) atoms. The fraction of sp³-hybridized carbons (Fsp3) is 0.333. The Labute approximate surface area is 164 Å². The van der Waals surface area contributed by atoms with E-state index in [1.54, 1.807) is 0 Å². The maximum absolute atomic E-state index is 6.33. The lowest BCUT2D eigenvalue weighted by Gasteiger charge is -2.14. The van der Waals surface area contributed by atoms with Crippen LogP contribution in [0.2, 0.25) is 0 Å². The summed E-state index contributed by atoms with van der Waals surface area (Å²) in [6, 6.07) is 17.2. The summed E-state index contributed by atoms with van der Waals surface area (Å²) < 4.78 is 12.7. The number of nitrogens with zero attached hydrogens (tertiary/aromatic N) is 2. The van der Waals surface area contributed by atoms with E-state index in [4.69, 9.17) is 19.5 Å². The van der Waals surface area contributed by atoms with Crippen LogP contribution in [-0.4, -0.2) is 24.0 Å². The Hall–Kier alpha value is -2.88. The van der Waals surface area contributed by atoms with Crippen molar-refractivity contribution in [3.05, 3.63) is 81.9 Å². The van der Waals surface area contributed by atoms with Gasteiger partial charge in [-0.2, -0.15) is 0 Å². The van der Waals surface area contributed by atoms with Gasteiger partial charge in [0, 0.05) is 12.8 Å². The summed E-state index contributed by atoms with van der Waals surface area (Å²) in [5, 5.41) is 0. The molecule has 2 aliphatic carbocycles. The summed E-state index contributed by atoms with van der Waals surface area (Å²) in [5.74, 6) is 1.38. The highest BCUT2D eigenvalue weighted by atomic mass is 16.5. The van der Waals surface area contributed by atoms with Gasteiger partial charge in [-0.1, -0.05) is 54.1 Å². The van der Waals surface area contributed by atoms with Crippen LogP contribution in [0.15, 0.2) is 69.7 Å². The van der Waals surface area contributed by atoms with Crippen molar-refractivity contribution in [3.63, 3.8) is 0 Å². The smallest absolute Gasteiger partial charge is 0.222 e. The number of ether oxygens (including phenoxy) is 2. The highest BCUT2D eigenvalue weighted by Gasteiger charge is 2.44. The SMILES string of the molecule is CC(C)=C(C1=N[C@@H]2c3ccccc3C[C@@H]2O1)C1=N[C@@H]2c3ccccc3C[C@@H]2O1. The molecular formula is C24H22N2O2. The van der Waals surface area contributed by atoms with Crippen LogP contribution < -0.4 is 0 Å². The van der Waals surface area contributed by atoms with E-state index in [0.29, 0.717) is 11.8 Å². The monoisotopic (exact) mass is 370 g/mol. The van der Waals surface area contributed by atoms with Crippen LogP contribution in [-0.2, 0) is 22.3 Å². The van der Waals surface area contributed by atoms with E-state index < -0.39 is 0 Å². The lowest BCUT2D eigenvalue weighted by Crippen LogP contribution is -2.21. The number of allylic oxidation sites excluding steroid dienone is 1. The zero-order valence-electron chi connectivity index (χ0n) is 16.1. The molecule has 2 aliphatic heterocycles. The van der Waals surface area contributed by atoms with Crippen LogP contribution >= 0.6 is 0 Å². The number of hydrogen-bond acceptors (Lipinski definition) is 4. The van der Waals surface area contributed by atoms with Crippen molar-refractivity contribution >= 4 is 11.8 Å². The minimum atomic E-state index is 0.0859. The maximum Gasteiger partial charge on any atom is 0.222 e. The van der Waals surface area contributed by atoms with Gasteiger partial charge in [0.1, 0.15) is 24.3 Å². The van der Waals surface area contributed by atoms with Crippen LogP contribution in [0.4, 0.5) is 0 Å². The third kappa shape index (κ3) is 2.24. The molecule has 0 spiro atoms. The van der Waals surface area contributed by atoms with Gasteiger partial charge in [-0.3, -0.25) is 0 Å². The van der Waals surface area contributed by atoms with Gasteiger partial charge in [-0.15, -0.1) is 0 Å². The molecule has 4 atom stereocenters. The molecule has 2 aromatic rings. The second kappa shape index (κ2) is 5.81. The van der Waals surface area contributed by atoms with Crippen LogP contribution in [0, 0.1) is 0 Å². The summed E-state index contributed by atoms with van der Waals surface area (Å²) in [7, 11) is 0. The Kier molecular flexibility index (Phi) is 3.34. The van der Waals surface area contributed by atoms with Gasteiger partial charge in [-0.05, 0) is 36.1 Å². The fourth-order valence-electron chi connectivity index (χ4n) is 4.96. The second-order valence-electron chi connectivity index (χ2n) is 8.25. The lowest BCUT2D eigenvalue weighted by atomic mass is 10.1. The van der Waals surface area contributed by atoms with Crippen molar-refractivity contribution in [1.29, 1.82) is 0 Å². The first kappa shape index (κ1) is 16.1. The van der Waals surface area contributed by atoms with Crippen LogP contribution in [0.3, 0.4) is 0 Å². The highest BCUT2D eigenvalue weighted by molar-refractivity contribution is 6.20. The predicted molar refractivity (Wildman–Crippen MR) is 109 cm³/mol. The average molecular weight is 370 g/mol. The standard InChI is InChI=1S/C24H22N2O2/c1-13(2)20(23-25-21-16-9-5-3-7-14(16)11-18(21)27-23)24-26-22-17-10-6-4-8-15(17)12-19(22)28-24/h3-10,18-19,21-22H,11-12H2,1-2H3/t18-,19-,21+,22+/m0/s1. The van der Waals surface area contributed by atoms with Crippen molar-refractivity contribution in [1.82, 2.24) is 0 Å². The zero-order valence-corrected chi connectivity index (χ0v) is 16.1.